The van der Waals surface area contributed by atoms with E-state index in [0.717, 1.165) is 30.1 Å². The maximum Gasteiger partial charge on any atom is 0.193 e. The average molecular weight is 372 g/mol. The van der Waals surface area contributed by atoms with E-state index in [2.05, 4.69) is 15.2 Å². The number of morpholine rings is 1. The third-order valence-corrected chi connectivity index (χ3v) is 4.54. The van der Waals surface area contributed by atoms with Gasteiger partial charge in [0.15, 0.2) is 5.96 Å². The first-order valence-electron chi connectivity index (χ1n) is 8.94. The van der Waals surface area contributed by atoms with E-state index in [4.69, 9.17) is 15.2 Å². The van der Waals surface area contributed by atoms with Crippen LogP contribution in [0.3, 0.4) is 0 Å². The van der Waals surface area contributed by atoms with Crippen molar-refractivity contribution in [3.05, 3.63) is 59.9 Å². The fraction of sp³-hybridized carbons (Fsp3) is 0.350. The van der Waals surface area contributed by atoms with Gasteiger partial charge >= 0.3 is 0 Å². The summed E-state index contributed by atoms with van der Waals surface area (Å²) in [5, 5.41) is 3.08. The molecular formula is C20H25FN4O2. The highest BCUT2D eigenvalue weighted by atomic mass is 19.1. The van der Waals surface area contributed by atoms with Gasteiger partial charge in [-0.15, -0.1) is 0 Å². The molecule has 3 N–H and O–H groups in total. The molecule has 1 unspecified atom stereocenters. The number of rotatable bonds is 6. The summed E-state index contributed by atoms with van der Waals surface area (Å²) in [6.45, 7) is 3.45. The van der Waals surface area contributed by atoms with Gasteiger partial charge in [0, 0.05) is 18.8 Å². The van der Waals surface area contributed by atoms with E-state index in [9.17, 15) is 4.39 Å². The van der Waals surface area contributed by atoms with Crippen molar-refractivity contribution in [3.8, 4) is 5.75 Å². The zero-order valence-electron chi connectivity index (χ0n) is 15.4. The van der Waals surface area contributed by atoms with E-state index in [1.165, 1.54) is 12.1 Å². The highest BCUT2D eigenvalue weighted by Crippen LogP contribution is 2.23. The van der Waals surface area contributed by atoms with Gasteiger partial charge in [-0.2, -0.15) is 0 Å². The Morgan fingerprint density at radius 2 is 1.85 bits per heavy atom. The number of nitrogens with one attached hydrogen (secondary N) is 1. The number of anilines is 1. The maximum atomic E-state index is 13.3. The number of guanidine groups is 1. The second kappa shape index (κ2) is 9.34. The minimum atomic E-state index is -0.247. The molecule has 1 fully saturated rings. The molecule has 0 radical (unpaired) electrons. The number of aliphatic imine (C=N–C) groups is 1. The predicted octanol–water partition coefficient (Wildman–Crippen LogP) is 2.63. The van der Waals surface area contributed by atoms with Crippen molar-refractivity contribution in [3.63, 3.8) is 0 Å². The summed E-state index contributed by atoms with van der Waals surface area (Å²) in [5.74, 6) is 0.865. The molecule has 1 heterocycles. The molecule has 0 saturated carbocycles. The van der Waals surface area contributed by atoms with E-state index in [1.807, 2.05) is 24.3 Å². The van der Waals surface area contributed by atoms with Crippen LogP contribution in [0.25, 0.3) is 0 Å². The number of halogens is 1. The Bertz CT molecular complexity index is 744. The van der Waals surface area contributed by atoms with Gasteiger partial charge in [0.1, 0.15) is 11.6 Å². The molecule has 0 aromatic heterocycles. The van der Waals surface area contributed by atoms with E-state index in [0.29, 0.717) is 25.7 Å². The number of methoxy groups -OCH3 is 1. The molecule has 7 heteroatoms. The number of hydrogen-bond acceptors (Lipinski definition) is 4. The quantitative estimate of drug-likeness (QED) is 0.602. The van der Waals surface area contributed by atoms with Gasteiger partial charge in [0.05, 0.1) is 32.9 Å². The number of ether oxygens (including phenoxy) is 2. The first-order chi connectivity index (χ1) is 13.2. The molecule has 0 amide bonds. The van der Waals surface area contributed by atoms with Crippen molar-refractivity contribution in [2.75, 3.05) is 45.3 Å². The van der Waals surface area contributed by atoms with Crippen LogP contribution in [0, 0.1) is 5.82 Å². The van der Waals surface area contributed by atoms with Crippen LogP contribution in [-0.2, 0) is 4.74 Å². The molecule has 1 saturated heterocycles. The van der Waals surface area contributed by atoms with Gasteiger partial charge < -0.3 is 20.5 Å². The van der Waals surface area contributed by atoms with Gasteiger partial charge in [-0.05, 0) is 42.0 Å². The minimum absolute atomic E-state index is 0.0192. The Morgan fingerprint density at radius 1 is 1.19 bits per heavy atom. The first kappa shape index (κ1) is 19.1. The first-order valence-corrected chi connectivity index (χ1v) is 8.94. The lowest BCUT2D eigenvalue weighted by Gasteiger charge is -2.34. The highest BCUT2D eigenvalue weighted by Gasteiger charge is 2.22. The number of benzene rings is 2. The van der Waals surface area contributed by atoms with Gasteiger partial charge in [0.25, 0.3) is 0 Å². The zero-order valence-corrected chi connectivity index (χ0v) is 15.4. The van der Waals surface area contributed by atoms with E-state index >= 15 is 0 Å². The van der Waals surface area contributed by atoms with Crippen LogP contribution in [0.2, 0.25) is 0 Å². The lowest BCUT2D eigenvalue weighted by Crippen LogP contribution is -2.40. The minimum Gasteiger partial charge on any atom is -0.497 e. The van der Waals surface area contributed by atoms with E-state index in [1.54, 1.807) is 19.2 Å². The Kier molecular flexibility index (Phi) is 6.62. The standard InChI is InChI=1S/C20H25FN4O2/c1-26-18-8-6-17(7-9-18)24-20(22)23-14-19(25-10-12-27-13-11-25)15-2-4-16(21)5-3-15/h2-9,19H,10-14H2,1H3,(H3,22,23,24). The third-order valence-electron chi connectivity index (χ3n) is 4.54. The Balaban J connectivity index is 1.70. The Hall–Kier alpha value is -2.64. The SMILES string of the molecule is COc1ccc(NC(N)=NCC(c2ccc(F)cc2)N2CCOCC2)cc1. The van der Waals surface area contributed by atoms with Crippen LogP contribution >= 0.6 is 0 Å². The Labute approximate surface area is 158 Å². The summed E-state index contributed by atoms with van der Waals surface area (Å²) in [5.41, 5.74) is 7.91. The molecule has 1 atom stereocenters. The number of nitrogens with zero attached hydrogens (tertiary/aromatic N) is 2. The van der Waals surface area contributed by atoms with Gasteiger partial charge in [0.2, 0.25) is 0 Å². The summed E-state index contributed by atoms with van der Waals surface area (Å²) in [6, 6.07) is 14.0. The van der Waals surface area contributed by atoms with Gasteiger partial charge in [-0.25, -0.2) is 4.39 Å². The lowest BCUT2D eigenvalue weighted by molar-refractivity contribution is 0.0180. The third kappa shape index (κ3) is 5.42. The fourth-order valence-electron chi connectivity index (χ4n) is 3.05. The molecule has 2 aromatic rings. The largest absolute Gasteiger partial charge is 0.497 e. The second-order valence-corrected chi connectivity index (χ2v) is 6.30. The normalized spacial score (nSPS) is 16.7. The van der Waals surface area contributed by atoms with Crippen LogP contribution < -0.4 is 15.8 Å². The molecule has 1 aliphatic rings. The van der Waals surface area contributed by atoms with Crippen LogP contribution in [0.15, 0.2) is 53.5 Å². The Morgan fingerprint density at radius 3 is 2.48 bits per heavy atom. The molecule has 2 aromatic carbocycles. The van der Waals surface area contributed by atoms with Gasteiger partial charge in [-0.1, -0.05) is 12.1 Å². The van der Waals surface area contributed by atoms with Gasteiger partial charge in [-0.3, -0.25) is 9.89 Å². The molecule has 1 aliphatic heterocycles. The summed E-state index contributed by atoms with van der Waals surface area (Å²) < 4.78 is 23.9. The lowest BCUT2D eigenvalue weighted by atomic mass is 10.0. The van der Waals surface area contributed by atoms with Crippen LogP contribution in [0.4, 0.5) is 10.1 Å². The van der Waals surface area contributed by atoms with E-state index in [-0.39, 0.29) is 11.9 Å². The molecule has 144 valence electrons. The maximum absolute atomic E-state index is 13.3. The van der Waals surface area contributed by atoms with Crippen molar-refractivity contribution >= 4 is 11.6 Å². The highest BCUT2D eigenvalue weighted by molar-refractivity contribution is 5.92. The summed E-state index contributed by atoms with van der Waals surface area (Å²) in [7, 11) is 1.62. The van der Waals surface area contributed by atoms with Crippen molar-refractivity contribution in [1.29, 1.82) is 0 Å². The molecule has 0 bridgehead atoms. The van der Waals surface area contributed by atoms with Crippen molar-refractivity contribution < 1.29 is 13.9 Å². The van der Waals surface area contributed by atoms with Crippen molar-refractivity contribution in [2.45, 2.75) is 6.04 Å². The summed E-state index contributed by atoms with van der Waals surface area (Å²) in [4.78, 5) is 6.80. The average Bonchev–Trinajstić information content (AvgIpc) is 2.71. The molecule has 27 heavy (non-hydrogen) atoms. The molecular weight excluding hydrogens is 347 g/mol. The second-order valence-electron chi connectivity index (χ2n) is 6.30. The van der Waals surface area contributed by atoms with Crippen LogP contribution in [0.5, 0.6) is 5.75 Å². The van der Waals surface area contributed by atoms with Crippen molar-refractivity contribution in [1.82, 2.24) is 4.90 Å². The molecule has 6 nitrogen and oxygen atoms in total. The number of hydrogen-bond donors (Lipinski definition) is 2. The smallest absolute Gasteiger partial charge is 0.193 e. The monoisotopic (exact) mass is 372 g/mol. The van der Waals surface area contributed by atoms with Crippen LogP contribution in [-0.4, -0.2) is 50.8 Å². The summed E-state index contributed by atoms with van der Waals surface area (Å²) in [6.07, 6.45) is 0. The van der Waals surface area contributed by atoms with E-state index < -0.39 is 0 Å². The zero-order chi connectivity index (χ0) is 19.1. The van der Waals surface area contributed by atoms with Crippen LogP contribution in [0.1, 0.15) is 11.6 Å². The van der Waals surface area contributed by atoms with Crippen molar-refractivity contribution in [2.24, 2.45) is 10.7 Å². The fourth-order valence-corrected chi connectivity index (χ4v) is 3.05. The molecule has 0 spiro atoms. The molecule has 3 rings (SSSR count). The number of nitrogens with two attached hydrogens (primary N) is 1. The predicted molar refractivity (Wildman–Crippen MR) is 105 cm³/mol. The topological polar surface area (TPSA) is 72.1 Å². The summed E-state index contributed by atoms with van der Waals surface area (Å²) >= 11 is 0. The molecule has 0 aliphatic carbocycles.